The average Bonchev–Trinajstić information content (AvgIpc) is 2.29. The van der Waals surface area contributed by atoms with Crippen LogP contribution in [0.1, 0.15) is 44.2 Å². The second-order valence-corrected chi connectivity index (χ2v) is 5.38. The first kappa shape index (κ1) is 14.9. The predicted molar refractivity (Wildman–Crippen MR) is 74.9 cm³/mol. The number of hydrogen-bond donors (Lipinski definition) is 0. The molecule has 0 aliphatic carbocycles. The summed E-state index contributed by atoms with van der Waals surface area (Å²) in [6, 6.07) is 8.36. The Balaban J connectivity index is 2.49. The quantitative estimate of drug-likeness (QED) is 0.737. The maximum absolute atomic E-state index is 11.9. The first-order valence-corrected chi connectivity index (χ1v) is 6.62. The number of rotatable bonds is 7. The first-order valence-electron chi connectivity index (χ1n) is 6.62. The van der Waals surface area contributed by atoms with Crippen LogP contribution in [0, 0.1) is 5.92 Å². The van der Waals surface area contributed by atoms with E-state index in [1.54, 1.807) is 7.11 Å². The van der Waals surface area contributed by atoms with E-state index < -0.39 is 0 Å². The van der Waals surface area contributed by atoms with E-state index in [9.17, 15) is 4.79 Å². The fraction of sp³-hybridized carbons (Fsp3) is 0.562. The van der Waals surface area contributed by atoms with Crippen LogP contribution in [0.15, 0.2) is 24.3 Å². The van der Waals surface area contributed by atoms with Crippen molar-refractivity contribution in [2.45, 2.75) is 39.5 Å². The van der Waals surface area contributed by atoms with Crippen molar-refractivity contribution in [1.82, 2.24) is 0 Å². The highest BCUT2D eigenvalue weighted by Crippen LogP contribution is 2.15. The van der Waals surface area contributed by atoms with Crippen LogP contribution in [0.5, 0.6) is 0 Å². The molecule has 2 nitrogen and oxygen atoms in total. The zero-order valence-corrected chi connectivity index (χ0v) is 11.9. The predicted octanol–water partition coefficient (Wildman–Crippen LogP) is 3.59. The molecule has 100 valence electrons. The molecule has 2 heteroatoms. The average molecular weight is 248 g/mol. The van der Waals surface area contributed by atoms with E-state index in [4.69, 9.17) is 4.74 Å². The summed E-state index contributed by atoms with van der Waals surface area (Å²) in [7, 11) is 1.67. The highest BCUT2D eigenvalue weighted by molar-refractivity contribution is 5.81. The molecule has 1 aromatic rings. The maximum Gasteiger partial charge on any atom is 0.137 e. The number of methoxy groups -OCH3 is 1. The third-order valence-corrected chi connectivity index (χ3v) is 3.07. The van der Waals surface area contributed by atoms with Gasteiger partial charge in [0.05, 0.1) is 0 Å². The first-order chi connectivity index (χ1) is 8.52. The van der Waals surface area contributed by atoms with Crippen molar-refractivity contribution in [2.24, 2.45) is 5.92 Å². The molecule has 1 atom stereocenters. The second kappa shape index (κ2) is 7.32. The molecule has 0 fully saturated rings. The van der Waals surface area contributed by atoms with E-state index in [1.807, 2.05) is 6.92 Å². The molecule has 0 heterocycles. The van der Waals surface area contributed by atoms with Crippen LogP contribution in [0.4, 0.5) is 0 Å². The third kappa shape index (κ3) is 5.01. The summed E-state index contributed by atoms with van der Waals surface area (Å²) in [4.78, 5) is 11.9. The van der Waals surface area contributed by atoms with Crippen molar-refractivity contribution in [3.05, 3.63) is 35.4 Å². The van der Waals surface area contributed by atoms with Crippen LogP contribution in [-0.4, -0.2) is 19.5 Å². The van der Waals surface area contributed by atoms with Gasteiger partial charge in [-0.15, -0.1) is 0 Å². The topological polar surface area (TPSA) is 26.3 Å². The standard InChI is InChI=1S/C16H24O2/c1-12(2)15-7-5-14(6-8-15)10-16(17)9-13(3)11-18-4/h5-8,12-13H,9-11H2,1-4H3. The molecule has 0 amide bonds. The summed E-state index contributed by atoms with van der Waals surface area (Å²) in [6.45, 7) is 7.04. The SMILES string of the molecule is COCC(C)CC(=O)Cc1ccc(C(C)C)cc1. The van der Waals surface area contributed by atoms with Crippen LogP contribution < -0.4 is 0 Å². The maximum atomic E-state index is 11.9. The van der Waals surface area contributed by atoms with E-state index >= 15 is 0 Å². The number of hydrogen-bond acceptors (Lipinski definition) is 2. The van der Waals surface area contributed by atoms with Crippen molar-refractivity contribution < 1.29 is 9.53 Å². The fourth-order valence-electron chi connectivity index (χ4n) is 2.05. The van der Waals surface area contributed by atoms with Gasteiger partial charge in [-0.1, -0.05) is 45.0 Å². The molecular weight excluding hydrogens is 224 g/mol. The van der Waals surface area contributed by atoms with Crippen molar-refractivity contribution in [3.8, 4) is 0 Å². The van der Waals surface area contributed by atoms with E-state index in [0.29, 0.717) is 31.3 Å². The lowest BCUT2D eigenvalue weighted by molar-refractivity contribution is -0.119. The van der Waals surface area contributed by atoms with Gasteiger partial charge in [-0.25, -0.2) is 0 Å². The smallest absolute Gasteiger partial charge is 0.137 e. The van der Waals surface area contributed by atoms with Crippen LogP contribution in [0.25, 0.3) is 0 Å². The van der Waals surface area contributed by atoms with Gasteiger partial charge in [0, 0.05) is 26.6 Å². The monoisotopic (exact) mass is 248 g/mol. The molecule has 0 N–H and O–H groups in total. The van der Waals surface area contributed by atoms with Crippen molar-refractivity contribution in [1.29, 1.82) is 0 Å². The zero-order chi connectivity index (χ0) is 13.5. The molecule has 0 spiro atoms. The van der Waals surface area contributed by atoms with E-state index in [1.165, 1.54) is 5.56 Å². The molecule has 0 saturated heterocycles. The Hall–Kier alpha value is -1.15. The largest absolute Gasteiger partial charge is 0.384 e. The molecule has 0 aliphatic heterocycles. The minimum Gasteiger partial charge on any atom is -0.384 e. The number of carbonyl (C=O) groups is 1. The summed E-state index contributed by atoms with van der Waals surface area (Å²) in [6.07, 6.45) is 1.13. The van der Waals surface area contributed by atoms with Gasteiger partial charge in [0.25, 0.3) is 0 Å². The zero-order valence-electron chi connectivity index (χ0n) is 11.9. The van der Waals surface area contributed by atoms with Crippen molar-refractivity contribution in [2.75, 3.05) is 13.7 Å². The Morgan fingerprint density at radius 1 is 1.17 bits per heavy atom. The van der Waals surface area contributed by atoms with Crippen LogP contribution in [0.2, 0.25) is 0 Å². The highest BCUT2D eigenvalue weighted by Gasteiger charge is 2.10. The summed E-state index contributed by atoms with van der Waals surface area (Å²) in [5.74, 6) is 1.13. The van der Waals surface area contributed by atoms with Gasteiger partial charge in [-0.05, 0) is 23.0 Å². The number of ketones is 1. The van der Waals surface area contributed by atoms with E-state index in [2.05, 4.69) is 38.1 Å². The molecular formula is C16H24O2. The Bertz CT molecular complexity index is 365. The lowest BCUT2D eigenvalue weighted by Crippen LogP contribution is -2.12. The van der Waals surface area contributed by atoms with Gasteiger partial charge >= 0.3 is 0 Å². The minimum absolute atomic E-state index is 0.289. The lowest BCUT2D eigenvalue weighted by Gasteiger charge is -2.10. The van der Waals surface area contributed by atoms with Crippen LogP contribution in [-0.2, 0) is 16.0 Å². The lowest BCUT2D eigenvalue weighted by atomic mass is 9.97. The third-order valence-electron chi connectivity index (χ3n) is 3.07. The minimum atomic E-state index is 0.289. The molecule has 1 rings (SSSR count). The molecule has 0 bridgehead atoms. The van der Waals surface area contributed by atoms with Crippen molar-refractivity contribution in [3.63, 3.8) is 0 Å². The molecule has 1 aromatic carbocycles. The van der Waals surface area contributed by atoms with Crippen LogP contribution in [0.3, 0.4) is 0 Å². The number of carbonyl (C=O) groups excluding carboxylic acids is 1. The summed E-state index contributed by atoms with van der Waals surface area (Å²) < 4.78 is 5.04. The van der Waals surface area contributed by atoms with Gasteiger partial charge in [0.1, 0.15) is 5.78 Å². The van der Waals surface area contributed by atoms with Gasteiger partial charge < -0.3 is 4.74 Å². The molecule has 18 heavy (non-hydrogen) atoms. The fourth-order valence-corrected chi connectivity index (χ4v) is 2.05. The molecule has 0 saturated carbocycles. The van der Waals surface area contributed by atoms with Crippen LogP contribution >= 0.6 is 0 Å². The molecule has 1 unspecified atom stereocenters. The van der Waals surface area contributed by atoms with Gasteiger partial charge in [-0.2, -0.15) is 0 Å². The summed E-state index contributed by atoms with van der Waals surface area (Å²) >= 11 is 0. The molecule has 0 aromatic heterocycles. The summed E-state index contributed by atoms with van der Waals surface area (Å²) in [5.41, 5.74) is 2.42. The number of benzene rings is 1. The van der Waals surface area contributed by atoms with Gasteiger partial charge in [-0.3, -0.25) is 4.79 Å². The Morgan fingerprint density at radius 2 is 1.78 bits per heavy atom. The van der Waals surface area contributed by atoms with Gasteiger partial charge in [0.2, 0.25) is 0 Å². The Kier molecular flexibility index (Phi) is 6.06. The van der Waals surface area contributed by atoms with Gasteiger partial charge in [0.15, 0.2) is 0 Å². The summed E-state index contributed by atoms with van der Waals surface area (Å²) in [5, 5.41) is 0. The Morgan fingerprint density at radius 3 is 2.28 bits per heavy atom. The number of Topliss-reactive ketones (excluding diaryl/α,β-unsaturated/α-hetero) is 1. The Labute approximate surface area is 110 Å². The van der Waals surface area contributed by atoms with E-state index in [0.717, 1.165) is 5.56 Å². The highest BCUT2D eigenvalue weighted by atomic mass is 16.5. The van der Waals surface area contributed by atoms with E-state index in [-0.39, 0.29) is 5.78 Å². The molecule has 0 aliphatic rings. The normalized spacial score (nSPS) is 12.7. The van der Waals surface area contributed by atoms with Crippen molar-refractivity contribution >= 4 is 5.78 Å². The second-order valence-electron chi connectivity index (χ2n) is 5.38. The molecule has 0 radical (unpaired) electrons. The number of ether oxygens (including phenoxy) is 1.